The lowest BCUT2D eigenvalue weighted by Crippen LogP contribution is -2.31. The fourth-order valence-electron chi connectivity index (χ4n) is 3.45. The molecule has 33 heavy (non-hydrogen) atoms. The summed E-state index contributed by atoms with van der Waals surface area (Å²) in [7, 11) is 0. The summed E-state index contributed by atoms with van der Waals surface area (Å²) in [5.41, 5.74) is 2.80. The van der Waals surface area contributed by atoms with Crippen LogP contribution in [0.2, 0.25) is 0 Å². The van der Waals surface area contributed by atoms with Crippen LogP contribution in [0.15, 0.2) is 99.2 Å². The Morgan fingerprint density at radius 1 is 0.818 bits per heavy atom. The van der Waals surface area contributed by atoms with Crippen LogP contribution in [0.25, 0.3) is 34.0 Å². The normalized spacial score (nSPS) is 10.9. The summed E-state index contributed by atoms with van der Waals surface area (Å²) < 4.78 is 20.0. The molecule has 0 amide bonds. The molecule has 0 aliphatic carbocycles. The number of H-pyrrole nitrogens is 1. The van der Waals surface area contributed by atoms with Gasteiger partial charge in [0.25, 0.3) is 11.4 Å². The number of aromatic amines is 1. The van der Waals surface area contributed by atoms with Gasteiger partial charge in [0.1, 0.15) is 0 Å². The molecular weight excluding hydrogens is 423 g/mol. The van der Waals surface area contributed by atoms with E-state index in [1.165, 1.54) is 0 Å². The van der Waals surface area contributed by atoms with E-state index in [4.69, 9.17) is 4.52 Å². The summed E-state index contributed by atoms with van der Waals surface area (Å²) in [5.74, 6) is -0.178. The molecular formula is C25H17FN4O3. The average molecular weight is 440 g/mol. The topological polar surface area (TPSA) is 93.8 Å². The number of nitrogens with zero attached hydrogens (tertiary/aromatic N) is 3. The first-order chi connectivity index (χ1) is 16.1. The Kier molecular flexibility index (Phi) is 5.24. The van der Waals surface area contributed by atoms with Gasteiger partial charge in [0.05, 0.1) is 12.7 Å². The van der Waals surface area contributed by atoms with Crippen molar-refractivity contribution in [1.29, 1.82) is 0 Å². The van der Waals surface area contributed by atoms with E-state index in [0.29, 0.717) is 11.7 Å². The van der Waals surface area contributed by atoms with E-state index >= 15 is 0 Å². The maximum atomic E-state index is 13.5. The second-order valence-corrected chi connectivity index (χ2v) is 7.43. The van der Waals surface area contributed by atoms with Crippen LogP contribution in [-0.4, -0.2) is 19.7 Å². The molecule has 162 valence electrons. The van der Waals surface area contributed by atoms with Gasteiger partial charge in [0.2, 0.25) is 11.6 Å². The lowest BCUT2D eigenvalue weighted by molar-refractivity contribution is 0.432. The van der Waals surface area contributed by atoms with Gasteiger partial charge in [-0.05, 0) is 28.8 Å². The fraction of sp³-hybridized carbons (Fsp3) is 0.0400. The molecule has 7 nitrogen and oxygen atoms in total. The van der Waals surface area contributed by atoms with Crippen molar-refractivity contribution in [2.24, 2.45) is 0 Å². The lowest BCUT2D eigenvalue weighted by atomic mass is 10.0. The molecule has 0 aliphatic heterocycles. The fourth-order valence-corrected chi connectivity index (χ4v) is 3.45. The second kappa shape index (κ2) is 8.51. The SMILES string of the molecule is O=c1[nH]c(=O)n(Cc2ccc(-c3noc(-c4ccc(-c5ccccc5)cc4)n3)cc2)cc1F. The smallest absolute Gasteiger partial charge is 0.328 e. The van der Waals surface area contributed by atoms with Crippen LogP contribution in [0.1, 0.15) is 5.56 Å². The van der Waals surface area contributed by atoms with Crippen molar-refractivity contribution in [3.05, 3.63) is 117 Å². The Morgan fingerprint density at radius 3 is 2.18 bits per heavy atom. The zero-order valence-electron chi connectivity index (χ0n) is 17.2. The molecule has 0 fully saturated rings. The molecule has 0 atom stereocenters. The van der Waals surface area contributed by atoms with Gasteiger partial charge in [0, 0.05) is 11.1 Å². The zero-order valence-corrected chi connectivity index (χ0v) is 17.2. The summed E-state index contributed by atoms with van der Waals surface area (Å²) in [5, 5.41) is 4.06. The highest BCUT2D eigenvalue weighted by atomic mass is 19.1. The van der Waals surface area contributed by atoms with Crippen molar-refractivity contribution in [3.63, 3.8) is 0 Å². The monoisotopic (exact) mass is 440 g/mol. The van der Waals surface area contributed by atoms with Crippen molar-refractivity contribution in [2.45, 2.75) is 6.54 Å². The summed E-state index contributed by atoms with van der Waals surface area (Å²) in [6.07, 6.45) is 0.892. The van der Waals surface area contributed by atoms with Gasteiger partial charge in [-0.2, -0.15) is 9.37 Å². The molecule has 8 heteroatoms. The third-order valence-corrected chi connectivity index (χ3v) is 5.20. The Bertz CT molecular complexity index is 1520. The van der Waals surface area contributed by atoms with E-state index in [0.717, 1.165) is 38.6 Å². The molecule has 0 saturated heterocycles. The number of rotatable bonds is 5. The highest BCUT2D eigenvalue weighted by Gasteiger charge is 2.11. The van der Waals surface area contributed by atoms with Crippen LogP contribution in [0.3, 0.4) is 0 Å². The predicted molar refractivity (Wildman–Crippen MR) is 121 cm³/mol. The average Bonchev–Trinajstić information content (AvgIpc) is 3.34. The molecule has 3 aromatic carbocycles. The summed E-state index contributed by atoms with van der Waals surface area (Å²) in [6.45, 7) is 0.109. The Hall–Kier alpha value is -4.59. The van der Waals surface area contributed by atoms with E-state index in [1.807, 2.05) is 59.6 Å². The van der Waals surface area contributed by atoms with E-state index in [9.17, 15) is 14.0 Å². The predicted octanol–water partition coefficient (Wildman–Crippen LogP) is 4.11. The van der Waals surface area contributed by atoms with Gasteiger partial charge in [-0.25, -0.2) is 4.79 Å². The lowest BCUT2D eigenvalue weighted by Gasteiger charge is -2.05. The van der Waals surface area contributed by atoms with Crippen molar-refractivity contribution in [1.82, 2.24) is 19.7 Å². The molecule has 0 radical (unpaired) electrons. The van der Waals surface area contributed by atoms with E-state index in [-0.39, 0.29) is 6.54 Å². The number of nitrogens with one attached hydrogen (secondary N) is 1. The minimum atomic E-state index is -1.03. The number of halogens is 1. The molecule has 2 heterocycles. The van der Waals surface area contributed by atoms with Gasteiger partial charge in [-0.1, -0.05) is 71.9 Å². The molecule has 0 unspecified atom stereocenters. The van der Waals surface area contributed by atoms with E-state index < -0.39 is 17.1 Å². The summed E-state index contributed by atoms with van der Waals surface area (Å²) in [4.78, 5) is 29.4. The van der Waals surface area contributed by atoms with Gasteiger partial charge >= 0.3 is 5.69 Å². The van der Waals surface area contributed by atoms with Crippen LogP contribution < -0.4 is 11.2 Å². The Labute approximate surface area is 186 Å². The third kappa shape index (κ3) is 4.27. The van der Waals surface area contributed by atoms with Crippen LogP contribution in [0.4, 0.5) is 4.39 Å². The molecule has 0 aliphatic rings. The molecule has 5 aromatic rings. The van der Waals surface area contributed by atoms with Crippen molar-refractivity contribution in [2.75, 3.05) is 0 Å². The molecule has 2 aromatic heterocycles. The first-order valence-corrected chi connectivity index (χ1v) is 10.1. The van der Waals surface area contributed by atoms with Crippen LogP contribution in [0.5, 0.6) is 0 Å². The molecule has 1 N–H and O–H groups in total. The first kappa shape index (κ1) is 20.3. The maximum absolute atomic E-state index is 13.5. The molecule has 0 saturated carbocycles. The van der Waals surface area contributed by atoms with Crippen molar-refractivity contribution >= 4 is 0 Å². The third-order valence-electron chi connectivity index (χ3n) is 5.20. The maximum Gasteiger partial charge on any atom is 0.328 e. The minimum Gasteiger partial charge on any atom is -0.334 e. The molecule has 0 spiro atoms. The summed E-state index contributed by atoms with van der Waals surface area (Å²) in [6, 6.07) is 25.1. The Balaban J connectivity index is 1.33. The summed E-state index contributed by atoms with van der Waals surface area (Å²) >= 11 is 0. The van der Waals surface area contributed by atoms with Gasteiger partial charge in [-0.15, -0.1) is 0 Å². The second-order valence-electron chi connectivity index (χ2n) is 7.43. The minimum absolute atomic E-state index is 0.109. The van der Waals surface area contributed by atoms with Gasteiger partial charge < -0.3 is 4.52 Å². The quantitative estimate of drug-likeness (QED) is 0.444. The number of hydrogen-bond acceptors (Lipinski definition) is 5. The first-order valence-electron chi connectivity index (χ1n) is 10.1. The number of benzene rings is 3. The van der Waals surface area contributed by atoms with Gasteiger partial charge in [0.15, 0.2) is 0 Å². The number of aromatic nitrogens is 4. The van der Waals surface area contributed by atoms with Crippen molar-refractivity contribution < 1.29 is 8.91 Å². The molecule has 5 rings (SSSR count). The Morgan fingerprint density at radius 2 is 1.45 bits per heavy atom. The van der Waals surface area contributed by atoms with Crippen molar-refractivity contribution in [3.8, 4) is 34.0 Å². The van der Waals surface area contributed by atoms with Crippen LogP contribution in [-0.2, 0) is 6.54 Å². The molecule has 0 bridgehead atoms. The van der Waals surface area contributed by atoms with E-state index in [1.54, 1.807) is 24.3 Å². The number of hydrogen-bond donors (Lipinski definition) is 1. The van der Waals surface area contributed by atoms with Crippen LogP contribution >= 0.6 is 0 Å². The van der Waals surface area contributed by atoms with Crippen LogP contribution in [0, 0.1) is 5.82 Å². The van der Waals surface area contributed by atoms with E-state index in [2.05, 4.69) is 10.1 Å². The standard InChI is InChI=1S/C25H17FN4O3/c26-21-15-30(25(32)28-23(21)31)14-16-6-8-19(9-7-16)22-27-24(33-29-22)20-12-10-18(11-13-20)17-4-2-1-3-5-17/h1-13,15H,14H2,(H,28,31,32). The zero-order chi connectivity index (χ0) is 22.8. The highest BCUT2D eigenvalue weighted by Crippen LogP contribution is 2.26. The largest absolute Gasteiger partial charge is 0.334 e. The highest BCUT2D eigenvalue weighted by molar-refractivity contribution is 5.68. The van der Waals surface area contributed by atoms with Gasteiger partial charge in [-0.3, -0.25) is 14.3 Å².